The van der Waals surface area contributed by atoms with Crippen molar-refractivity contribution in [3.05, 3.63) is 57.6 Å². The van der Waals surface area contributed by atoms with Crippen LogP contribution in [-0.4, -0.2) is 18.9 Å². The van der Waals surface area contributed by atoms with Gasteiger partial charge in [0.05, 0.1) is 12.2 Å². The third-order valence-corrected chi connectivity index (χ3v) is 5.03. The van der Waals surface area contributed by atoms with Gasteiger partial charge in [0.2, 0.25) is 0 Å². The molecule has 0 aliphatic heterocycles. The molecule has 2 aromatic heterocycles. The highest BCUT2D eigenvalue weighted by atomic mass is 32.1. The Bertz CT molecular complexity index is 993. The molecule has 0 atom stereocenters. The third-order valence-electron chi connectivity index (χ3n) is 3.83. The van der Waals surface area contributed by atoms with E-state index < -0.39 is 17.6 Å². The van der Waals surface area contributed by atoms with Crippen LogP contribution in [0.3, 0.4) is 0 Å². The molecule has 0 saturated carbocycles. The average Bonchev–Trinajstić information content (AvgIpc) is 3.13. The van der Waals surface area contributed by atoms with Crippen LogP contribution in [0.15, 0.2) is 28.7 Å². The first-order chi connectivity index (χ1) is 12.4. The van der Waals surface area contributed by atoms with Gasteiger partial charge in [-0.2, -0.15) is 0 Å². The number of nitrogens with one attached hydrogen (secondary N) is 2. The number of ether oxygens (including phenoxy) is 1. The van der Waals surface area contributed by atoms with Gasteiger partial charge in [0.25, 0.3) is 11.8 Å². The van der Waals surface area contributed by atoms with E-state index in [1.54, 1.807) is 32.0 Å². The zero-order valence-electron chi connectivity index (χ0n) is 14.4. The maximum atomic E-state index is 14.2. The zero-order chi connectivity index (χ0) is 18.8. The van der Waals surface area contributed by atoms with Crippen LogP contribution >= 0.6 is 11.3 Å². The highest BCUT2D eigenvalue weighted by molar-refractivity contribution is 7.21. The molecule has 3 aromatic rings. The molecule has 6 nitrogen and oxygen atoms in total. The Balaban J connectivity index is 1.83. The number of carbonyl (C=O) groups is 2. The lowest BCUT2D eigenvalue weighted by Crippen LogP contribution is -2.41. The molecule has 0 radical (unpaired) electrons. The largest absolute Gasteiger partial charge is 0.466 e. The first kappa shape index (κ1) is 18.1. The van der Waals surface area contributed by atoms with Gasteiger partial charge in [0.15, 0.2) is 0 Å². The topological polar surface area (TPSA) is 80.6 Å². The number of carbonyl (C=O) groups excluding carboxylic acids is 2. The molecule has 0 aliphatic rings. The summed E-state index contributed by atoms with van der Waals surface area (Å²) in [6, 6.07) is 6.23. The molecule has 0 spiro atoms. The minimum absolute atomic E-state index is 0.0810. The SMILES string of the molecule is COCc1c(C(=O)NNC(=O)c2cc(C)oc2C)sc2cccc(F)c12. The number of fused-ring (bicyclic) bond motifs is 1. The van der Waals surface area contributed by atoms with Crippen LogP contribution in [-0.2, 0) is 11.3 Å². The van der Waals surface area contributed by atoms with E-state index in [9.17, 15) is 14.0 Å². The van der Waals surface area contributed by atoms with Gasteiger partial charge in [0, 0.05) is 22.8 Å². The highest BCUT2D eigenvalue weighted by Gasteiger charge is 2.21. The van der Waals surface area contributed by atoms with E-state index >= 15 is 0 Å². The second kappa shape index (κ2) is 7.27. The number of amides is 2. The summed E-state index contributed by atoms with van der Waals surface area (Å²) >= 11 is 1.14. The zero-order valence-corrected chi connectivity index (χ0v) is 15.3. The fourth-order valence-electron chi connectivity index (χ4n) is 2.73. The van der Waals surface area contributed by atoms with Gasteiger partial charge in [-0.15, -0.1) is 11.3 Å². The number of aryl methyl sites for hydroxylation is 2. The van der Waals surface area contributed by atoms with Crippen molar-refractivity contribution in [2.24, 2.45) is 0 Å². The summed E-state index contributed by atoms with van der Waals surface area (Å²) < 4.78 is 25.2. The minimum atomic E-state index is -0.538. The number of benzene rings is 1. The fraction of sp³-hybridized carbons (Fsp3) is 0.222. The lowest BCUT2D eigenvalue weighted by Gasteiger charge is -2.07. The first-order valence-corrected chi connectivity index (χ1v) is 8.60. The molecule has 0 aliphatic carbocycles. The molecule has 2 N–H and O–H groups in total. The standard InChI is InChI=1S/C18H17FN2O4S/c1-9-7-11(10(2)25-9)17(22)20-21-18(23)16-12(8-24-3)15-13(19)5-4-6-14(15)26-16/h4-7H,8H2,1-3H3,(H,20,22)(H,21,23). The summed E-state index contributed by atoms with van der Waals surface area (Å²) in [5.41, 5.74) is 5.51. The third kappa shape index (κ3) is 3.33. The molecule has 26 heavy (non-hydrogen) atoms. The summed E-state index contributed by atoms with van der Waals surface area (Å²) in [5.74, 6) is -0.393. The Morgan fingerprint density at radius 3 is 2.62 bits per heavy atom. The molecule has 3 rings (SSSR count). The van der Waals surface area contributed by atoms with E-state index in [-0.39, 0.29) is 11.5 Å². The Morgan fingerprint density at radius 1 is 1.23 bits per heavy atom. The predicted molar refractivity (Wildman–Crippen MR) is 95.6 cm³/mol. The number of hydrogen-bond donors (Lipinski definition) is 2. The maximum absolute atomic E-state index is 14.2. The van der Waals surface area contributed by atoms with Crippen molar-refractivity contribution >= 4 is 33.2 Å². The quantitative estimate of drug-likeness (QED) is 0.683. The van der Waals surface area contributed by atoms with Crippen LogP contribution < -0.4 is 10.9 Å². The van der Waals surface area contributed by atoms with Crippen LogP contribution in [0.1, 0.15) is 37.1 Å². The van der Waals surface area contributed by atoms with Gasteiger partial charge in [0.1, 0.15) is 22.2 Å². The van der Waals surface area contributed by atoms with Crippen molar-refractivity contribution in [3.63, 3.8) is 0 Å². The smallest absolute Gasteiger partial charge is 0.280 e. The lowest BCUT2D eigenvalue weighted by molar-refractivity contribution is 0.0846. The Hall–Kier alpha value is -2.71. The maximum Gasteiger partial charge on any atom is 0.280 e. The summed E-state index contributed by atoms with van der Waals surface area (Å²) in [4.78, 5) is 25.0. The molecular weight excluding hydrogens is 359 g/mol. The molecule has 0 unspecified atom stereocenters. The minimum Gasteiger partial charge on any atom is -0.466 e. The van der Waals surface area contributed by atoms with Crippen molar-refractivity contribution in [3.8, 4) is 0 Å². The van der Waals surface area contributed by atoms with Crippen LogP contribution in [0.4, 0.5) is 4.39 Å². The fourth-order valence-corrected chi connectivity index (χ4v) is 3.84. The molecule has 0 fully saturated rings. The lowest BCUT2D eigenvalue weighted by atomic mass is 10.1. The molecule has 2 heterocycles. The van der Waals surface area contributed by atoms with Crippen LogP contribution in [0.2, 0.25) is 0 Å². The molecule has 136 valence electrons. The number of hydrazine groups is 1. The number of rotatable bonds is 4. The molecule has 8 heteroatoms. The van der Waals surface area contributed by atoms with Crippen LogP contribution in [0, 0.1) is 19.7 Å². The highest BCUT2D eigenvalue weighted by Crippen LogP contribution is 2.33. The molecule has 2 amide bonds. The van der Waals surface area contributed by atoms with E-state index in [1.165, 1.54) is 13.2 Å². The van der Waals surface area contributed by atoms with Crippen LogP contribution in [0.25, 0.3) is 10.1 Å². The van der Waals surface area contributed by atoms with E-state index in [0.717, 1.165) is 11.3 Å². The van der Waals surface area contributed by atoms with E-state index in [2.05, 4.69) is 10.9 Å². The Morgan fingerprint density at radius 2 is 1.96 bits per heavy atom. The van der Waals surface area contributed by atoms with Crippen molar-refractivity contribution in [2.75, 3.05) is 7.11 Å². The Kier molecular flexibility index (Phi) is 5.06. The normalized spacial score (nSPS) is 10.9. The summed E-state index contributed by atoms with van der Waals surface area (Å²) in [6.07, 6.45) is 0. The van der Waals surface area contributed by atoms with E-state index in [1.807, 2.05) is 0 Å². The number of furan rings is 1. The van der Waals surface area contributed by atoms with Gasteiger partial charge in [-0.05, 0) is 32.0 Å². The summed E-state index contributed by atoms with van der Waals surface area (Å²) in [5, 5.41) is 0.358. The number of halogens is 1. The van der Waals surface area contributed by atoms with Gasteiger partial charge in [-0.3, -0.25) is 20.4 Å². The van der Waals surface area contributed by atoms with Gasteiger partial charge >= 0.3 is 0 Å². The van der Waals surface area contributed by atoms with Crippen molar-refractivity contribution < 1.29 is 23.1 Å². The van der Waals surface area contributed by atoms with Gasteiger partial charge < -0.3 is 9.15 Å². The summed E-state index contributed by atoms with van der Waals surface area (Å²) in [7, 11) is 1.47. The second-order valence-electron chi connectivity index (χ2n) is 5.69. The first-order valence-electron chi connectivity index (χ1n) is 7.79. The molecule has 1 aromatic carbocycles. The predicted octanol–water partition coefficient (Wildman–Crippen LogP) is 3.47. The molecule has 0 bridgehead atoms. The van der Waals surface area contributed by atoms with Crippen LogP contribution in [0.5, 0.6) is 0 Å². The molecule has 0 saturated heterocycles. The van der Waals surface area contributed by atoms with E-state index in [0.29, 0.717) is 32.7 Å². The summed E-state index contributed by atoms with van der Waals surface area (Å²) in [6.45, 7) is 3.47. The van der Waals surface area contributed by atoms with Crippen molar-refractivity contribution in [1.29, 1.82) is 0 Å². The monoisotopic (exact) mass is 376 g/mol. The van der Waals surface area contributed by atoms with Gasteiger partial charge in [-0.25, -0.2) is 4.39 Å². The second-order valence-corrected chi connectivity index (χ2v) is 6.74. The number of methoxy groups -OCH3 is 1. The number of hydrogen-bond acceptors (Lipinski definition) is 5. The van der Waals surface area contributed by atoms with Gasteiger partial charge in [-0.1, -0.05) is 6.07 Å². The number of thiophene rings is 1. The van der Waals surface area contributed by atoms with Crippen molar-refractivity contribution in [2.45, 2.75) is 20.5 Å². The van der Waals surface area contributed by atoms with Crippen molar-refractivity contribution in [1.82, 2.24) is 10.9 Å². The van der Waals surface area contributed by atoms with E-state index in [4.69, 9.17) is 9.15 Å². The molecular formula is C18H17FN2O4S. The average molecular weight is 376 g/mol. The Labute approximate surface area is 152 Å².